The lowest BCUT2D eigenvalue weighted by atomic mass is 9.82. The van der Waals surface area contributed by atoms with Crippen molar-refractivity contribution in [3.8, 4) is 0 Å². The Morgan fingerprint density at radius 1 is 1.19 bits per heavy atom. The highest BCUT2D eigenvalue weighted by Crippen LogP contribution is 2.37. The fourth-order valence-electron chi connectivity index (χ4n) is 4.00. The second-order valence-electron chi connectivity index (χ2n) is 7.96. The standard InChI is InChI=1S/C25H22ClFN2O3/c26-24(12-10-18(11-13-24)17-6-2-1-3-7-17)22(29-32)15-25(27,23(30)31)14-19-16-28-21-9-5-4-8-20(19)21/h1-12,16,28,32H,13-15H2,(H,30,31). The molecule has 0 radical (unpaired) electrons. The van der Waals surface area contributed by atoms with Gasteiger partial charge in [0.05, 0.1) is 5.71 Å². The van der Waals surface area contributed by atoms with Crippen molar-refractivity contribution < 1.29 is 19.5 Å². The van der Waals surface area contributed by atoms with Crippen LogP contribution in [0, 0.1) is 0 Å². The van der Waals surface area contributed by atoms with E-state index in [9.17, 15) is 15.1 Å². The number of halogens is 2. The van der Waals surface area contributed by atoms with Crippen LogP contribution in [0.25, 0.3) is 16.5 Å². The summed E-state index contributed by atoms with van der Waals surface area (Å²) in [7, 11) is 0. The molecule has 1 aliphatic rings. The lowest BCUT2D eigenvalue weighted by Gasteiger charge is -2.30. The van der Waals surface area contributed by atoms with Crippen LogP contribution in [0.15, 0.2) is 84.2 Å². The second-order valence-corrected chi connectivity index (χ2v) is 8.63. The lowest BCUT2D eigenvalue weighted by Crippen LogP contribution is -2.43. The zero-order chi connectivity index (χ0) is 22.8. The first kappa shape index (κ1) is 21.8. The molecule has 0 fully saturated rings. The molecule has 32 heavy (non-hydrogen) atoms. The Labute approximate surface area is 189 Å². The van der Waals surface area contributed by atoms with Crippen LogP contribution in [0.1, 0.15) is 24.0 Å². The molecule has 0 bridgehead atoms. The zero-order valence-electron chi connectivity index (χ0n) is 17.1. The van der Waals surface area contributed by atoms with Gasteiger partial charge in [-0.15, -0.1) is 11.6 Å². The number of aromatic nitrogens is 1. The first-order valence-electron chi connectivity index (χ1n) is 10.2. The summed E-state index contributed by atoms with van der Waals surface area (Å²) >= 11 is 6.69. The summed E-state index contributed by atoms with van der Waals surface area (Å²) in [4.78, 5) is 13.7. The van der Waals surface area contributed by atoms with Gasteiger partial charge in [0.25, 0.3) is 0 Å². The number of aliphatic carboxylic acids is 1. The zero-order valence-corrected chi connectivity index (χ0v) is 17.9. The maximum absolute atomic E-state index is 15.8. The molecule has 2 aromatic carbocycles. The van der Waals surface area contributed by atoms with Gasteiger partial charge in [0.2, 0.25) is 5.67 Å². The van der Waals surface area contributed by atoms with Crippen LogP contribution in [0.2, 0.25) is 0 Å². The van der Waals surface area contributed by atoms with Crippen molar-refractivity contribution in [3.05, 3.63) is 90.1 Å². The van der Waals surface area contributed by atoms with Crippen LogP contribution in [-0.4, -0.2) is 37.5 Å². The Balaban J connectivity index is 1.57. The minimum Gasteiger partial charge on any atom is -0.479 e. The third-order valence-electron chi connectivity index (χ3n) is 5.83. The van der Waals surface area contributed by atoms with Crippen molar-refractivity contribution in [1.82, 2.24) is 4.98 Å². The van der Waals surface area contributed by atoms with E-state index in [2.05, 4.69) is 10.1 Å². The molecule has 2 unspecified atom stereocenters. The molecule has 3 N–H and O–H groups in total. The summed E-state index contributed by atoms with van der Waals surface area (Å²) in [5.41, 5.74) is 0.401. The van der Waals surface area contributed by atoms with Gasteiger partial charge in [-0.2, -0.15) is 0 Å². The number of aromatic amines is 1. The van der Waals surface area contributed by atoms with Gasteiger partial charge in [-0.1, -0.05) is 71.9 Å². The van der Waals surface area contributed by atoms with E-state index in [0.29, 0.717) is 5.56 Å². The first-order chi connectivity index (χ1) is 15.3. The normalized spacial score (nSPS) is 20.7. The Morgan fingerprint density at radius 3 is 2.56 bits per heavy atom. The predicted octanol–water partition coefficient (Wildman–Crippen LogP) is 5.74. The van der Waals surface area contributed by atoms with Crippen LogP contribution in [0.5, 0.6) is 0 Å². The minimum absolute atomic E-state index is 0.136. The molecular formula is C25H22ClFN2O3. The topological polar surface area (TPSA) is 85.7 Å². The van der Waals surface area contributed by atoms with Gasteiger partial charge >= 0.3 is 5.97 Å². The van der Waals surface area contributed by atoms with Gasteiger partial charge in [0.1, 0.15) is 4.87 Å². The Kier molecular flexibility index (Phi) is 5.89. The fraction of sp³-hybridized carbons (Fsp3) is 0.200. The molecule has 7 heteroatoms. The monoisotopic (exact) mass is 452 g/mol. The average Bonchev–Trinajstić information content (AvgIpc) is 3.21. The maximum atomic E-state index is 15.8. The van der Waals surface area contributed by atoms with Crippen molar-refractivity contribution in [2.75, 3.05) is 0 Å². The highest BCUT2D eigenvalue weighted by atomic mass is 35.5. The quantitative estimate of drug-likeness (QED) is 0.185. The molecule has 1 aromatic heterocycles. The molecule has 0 spiro atoms. The minimum atomic E-state index is -2.70. The van der Waals surface area contributed by atoms with Crippen LogP contribution in [0.4, 0.5) is 4.39 Å². The van der Waals surface area contributed by atoms with Gasteiger partial charge < -0.3 is 15.3 Å². The third-order valence-corrected chi connectivity index (χ3v) is 6.33. The van der Waals surface area contributed by atoms with E-state index in [1.807, 2.05) is 48.5 Å². The average molecular weight is 453 g/mol. The number of alkyl halides is 2. The van der Waals surface area contributed by atoms with Crippen molar-refractivity contribution in [2.45, 2.75) is 29.8 Å². The predicted molar refractivity (Wildman–Crippen MR) is 124 cm³/mol. The number of hydrogen-bond donors (Lipinski definition) is 3. The number of hydrogen-bond acceptors (Lipinski definition) is 3. The molecule has 1 aliphatic carbocycles. The van der Waals surface area contributed by atoms with E-state index >= 15 is 4.39 Å². The summed E-state index contributed by atoms with van der Waals surface area (Å²) in [6.07, 6.45) is 6.06. The van der Waals surface area contributed by atoms with Crippen LogP contribution < -0.4 is 0 Å². The Bertz CT molecular complexity index is 1230. The molecule has 164 valence electrons. The Morgan fingerprint density at radius 2 is 1.91 bits per heavy atom. The van der Waals surface area contributed by atoms with E-state index in [4.69, 9.17) is 11.6 Å². The molecule has 0 saturated heterocycles. The molecule has 5 nitrogen and oxygen atoms in total. The molecule has 1 heterocycles. The van der Waals surface area contributed by atoms with E-state index in [-0.39, 0.29) is 12.1 Å². The van der Waals surface area contributed by atoms with E-state index in [0.717, 1.165) is 22.0 Å². The van der Waals surface area contributed by atoms with E-state index in [1.165, 1.54) is 0 Å². The van der Waals surface area contributed by atoms with Crippen LogP contribution >= 0.6 is 11.6 Å². The maximum Gasteiger partial charge on any atom is 0.342 e. The molecule has 0 aliphatic heterocycles. The van der Waals surface area contributed by atoms with Crippen LogP contribution in [0.3, 0.4) is 0 Å². The molecule has 0 saturated carbocycles. The van der Waals surface area contributed by atoms with Crippen molar-refractivity contribution in [2.24, 2.45) is 5.16 Å². The van der Waals surface area contributed by atoms with Crippen LogP contribution in [-0.2, 0) is 11.2 Å². The number of carboxylic acid groups (broad SMARTS) is 1. The number of nitrogens with zero attached hydrogens (tertiary/aromatic N) is 1. The number of H-pyrrole nitrogens is 1. The summed E-state index contributed by atoms with van der Waals surface area (Å²) in [6.45, 7) is 0. The highest BCUT2D eigenvalue weighted by molar-refractivity contribution is 6.38. The van der Waals surface area contributed by atoms with Gasteiger partial charge in [-0.05, 0) is 29.2 Å². The summed E-state index contributed by atoms with van der Waals surface area (Å²) in [5, 5.41) is 23.4. The first-order valence-corrected chi connectivity index (χ1v) is 10.5. The fourth-order valence-corrected chi connectivity index (χ4v) is 4.24. The van der Waals surface area contributed by atoms with E-state index in [1.54, 1.807) is 30.5 Å². The summed E-state index contributed by atoms with van der Waals surface area (Å²) < 4.78 is 15.8. The highest BCUT2D eigenvalue weighted by Gasteiger charge is 2.45. The smallest absolute Gasteiger partial charge is 0.342 e. The number of fused-ring (bicyclic) bond motifs is 1. The summed E-state index contributed by atoms with van der Waals surface area (Å²) in [6, 6.07) is 16.9. The largest absolute Gasteiger partial charge is 0.479 e. The number of carboxylic acids is 1. The van der Waals surface area contributed by atoms with Gasteiger partial charge in [-0.3, -0.25) is 0 Å². The second kappa shape index (κ2) is 8.63. The molecule has 0 amide bonds. The van der Waals surface area contributed by atoms with Gasteiger partial charge in [0, 0.05) is 29.9 Å². The molecular weight excluding hydrogens is 431 g/mol. The number of carbonyl (C=O) groups is 1. The SMILES string of the molecule is O=C(O)C(F)(CC(=NO)C1(Cl)C=CC(c2ccccc2)=CC1)Cc1c[nH]c2ccccc12. The number of oxime groups is 1. The molecule has 4 rings (SSSR count). The number of benzene rings is 2. The van der Waals surface area contributed by atoms with E-state index < -0.39 is 29.4 Å². The lowest BCUT2D eigenvalue weighted by molar-refractivity contribution is -0.150. The van der Waals surface area contributed by atoms with Crippen molar-refractivity contribution in [3.63, 3.8) is 0 Å². The number of para-hydroxylation sites is 1. The Hall–Kier alpha value is -3.38. The van der Waals surface area contributed by atoms with Crippen molar-refractivity contribution >= 4 is 39.8 Å². The number of rotatable bonds is 7. The number of allylic oxidation sites excluding steroid dienone is 4. The molecule has 2 atom stereocenters. The van der Waals surface area contributed by atoms with Gasteiger partial charge in [-0.25, -0.2) is 9.18 Å². The van der Waals surface area contributed by atoms with Crippen molar-refractivity contribution in [1.29, 1.82) is 0 Å². The third kappa shape index (κ3) is 4.18. The molecule has 3 aromatic rings. The number of nitrogens with one attached hydrogen (secondary N) is 1. The van der Waals surface area contributed by atoms with Gasteiger partial charge in [0.15, 0.2) is 0 Å². The summed E-state index contributed by atoms with van der Waals surface area (Å²) in [5.74, 6) is -1.63.